The van der Waals surface area contributed by atoms with Gasteiger partial charge in [0, 0.05) is 0 Å². The standard InChI is InChI=1S/2C14H17.2CH3.H3Si.Zr/c2*1-3-7-13-11(4-2)10-12-8-5-6-9-14(12)13;;;;/h2*5-6,8-10H,3-4,7H2,1-2H3;3*1H3;. The van der Waals surface area contributed by atoms with E-state index in [1.54, 1.807) is 33.4 Å². The Bertz CT molecular complexity index is 996. The molecule has 2 aliphatic rings. The second-order valence-electron chi connectivity index (χ2n) is 11.7. The number of hydrogen-bond acceptors (Lipinski definition) is 0. The first-order chi connectivity index (χ1) is 15.3. The summed E-state index contributed by atoms with van der Waals surface area (Å²) in [5, 5.41) is 0. The molecule has 0 N–H and O–H groups in total. The Balaban J connectivity index is 1.99. The molecule has 2 aliphatic carbocycles. The van der Waals surface area contributed by atoms with E-state index in [0.29, 0.717) is 7.25 Å². The van der Waals surface area contributed by atoms with Crippen LogP contribution in [-0.2, 0) is 17.9 Å². The van der Waals surface area contributed by atoms with Crippen LogP contribution in [0, 0.1) is 0 Å². The molecule has 2 unspecified atom stereocenters. The zero-order chi connectivity index (χ0) is 23.1. The molecule has 0 radical (unpaired) electrons. The van der Waals surface area contributed by atoms with Crippen LogP contribution in [-0.4, -0.2) is 7.37 Å². The molecule has 0 spiro atoms. The van der Waals surface area contributed by atoms with E-state index in [9.17, 15) is 0 Å². The molecular formula is C30H43SiZr. The fraction of sp³-hybridized carbons (Fsp3) is 0.467. The van der Waals surface area contributed by atoms with Crippen LogP contribution in [0.1, 0.15) is 95.7 Å². The third-order valence-corrected chi connectivity index (χ3v) is 28.7. The molecule has 0 heterocycles. The summed E-state index contributed by atoms with van der Waals surface area (Å²) in [5.41, 5.74) is 13.6. The Morgan fingerprint density at radius 1 is 0.656 bits per heavy atom. The van der Waals surface area contributed by atoms with Crippen molar-refractivity contribution < 1.29 is 17.9 Å². The Hall–Kier alpha value is -0.980. The van der Waals surface area contributed by atoms with Gasteiger partial charge in [0.1, 0.15) is 0 Å². The second kappa shape index (κ2) is 8.99. The van der Waals surface area contributed by atoms with E-state index in [0.717, 1.165) is 0 Å². The molecule has 0 saturated heterocycles. The van der Waals surface area contributed by atoms with Crippen molar-refractivity contribution in [3.05, 3.63) is 81.9 Å². The minimum absolute atomic E-state index is 0.714. The predicted octanol–water partition coefficient (Wildman–Crippen LogP) is 8.49. The number of allylic oxidation sites excluding steroid dienone is 4. The average molecular weight is 523 g/mol. The van der Waals surface area contributed by atoms with Gasteiger partial charge >= 0.3 is 201 Å². The molecule has 2 heteroatoms. The van der Waals surface area contributed by atoms with E-state index in [1.807, 2.05) is 11.1 Å². The normalized spacial score (nSPS) is 21.6. The van der Waals surface area contributed by atoms with E-state index < -0.39 is 17.9 Å². The molecule has 171 valence electrons. The summed E-state index contributed by atoms with van der Waals surface area (Å²) in [6.45, 7) is 9.56. The number of benzene rings is 2. The molecule has 4 rings (SSSR count). The van der Waals surface area contributed by atoms with Crippen LogP contribution in [0.15, 0.2) is 59.7 Å². The first-order valence-electron chi connectivity index (χ1n) is 13.1. The van der Waals surface area contributed by atoms with Crippen molar-refractivity contribution in [3.63, 3.8) is 0 Å². The maximum absolute atomic E-state index is 3.30. The summed E-state index contributed by atoms with van der Waals surface area (Å²) in [6, 6.07) is 19.0. The fourth-order valence-electron chi connectivity index (χ4n) is 7.57. The van der Waals surface area contributed by atoms with Gasteiger partial charge in [0.15, 0.2) is 0 Å². The topological polar surface area (TPSA) is 0 Å². The molecular weight excluding hydrogens is 480 g/mol. The van der Waals surface area contributed by atoms with Crippen LogP contribution in [0.4, 0.5) is 0 Å². The van der Waals surface area contributed by atoms with Crippen LogP contribution >= 0.6 is 0 Å². The molecule has 0 fully saturated rings. The summed E-state index contributed by atoms with van der Waals surface area (Å²) >= 11 is -3.30. The predicted molar refractivity (Wildman–Crippen MR) is 144 cm³/mol. The zero-order valence-corrected chi connectivity index (χ0v) is 26.0. The average Bonchev–Trinajstić information content (AvgIpc) is 3.28. The van der Waals surface area contributed by atoms with E-state index >= 15 is 0 Å². The Morgan fingerprint density at radius 3 is 1.38 bits per heavy atom. The fourth-order valence-corrected chi connectivity index (χ4v) is 30.9. The Morgan fingerprint density at radius 2 is 1.03 bits per heavy atom. The van der Waals surface area contributed by atoms with Gasteiger partial charge in [-0.25, -0.2) is 0 Å². The van der Waals surface area contributed by atoms with E-state index in [1.165, 1.54) is 45.9 Å². The SMILES string of the molecule is CCCC1=C(CC)[CH]([Zr]([CH3])([CH3])([SiH3])[CH]2C(CC)=C(CCC)c3ccccc32)c2ccccc21. The van der Waals surface area contributed by atoms with Gasteiger partial charge in [-0.2, -0.15) is 0 Å². The molecule has 2 aromatic rings. The van der Waals surface area contributed by atoms with Crippen LogP contribution < -0.4 is 0 Å². The van der Waals surface area contributed by atoms with Crippen molar-refractivity contribution in [1.29, 1.82) is 0 Å². The summed E-state index contributed by atoms with van der Waals surface area (Å²) < 4.78 is 7.13. The molecule has 0 aromatic heterocycles. The first-order valence-corrected chi connectivity index (χ1v) is 29.3. The summed E-state index contributed by atoms with van der Waals surface area (Å²) in [4.78, 5) is 0. The molecule has 2 atom stereocenters. The van der Waals surface area contributed by atoms with Crippen molar-refractivity contribution in [2.75, 3.05) is 0 Å². The van der Waals surface area contributed by atoms with Gasteiger partial charge in [0.05, 0.1) is 0 Å². The van der Waals surface area contributed by atoms with E-state index in [2.05, 4.69) is 85.5 Å². The molecule has 0 amide bonds. The molecule has 0 saturated carbocycles. The first kappa shape index (κ1) is 24.2. The van der Waals surface area contributed by atoms with Gasteiger partial charge in [0.25, 0.3) is 0 Å². The van der Waals surface area contributed by atoms with E-state index in [4.69, 9.17) is 0 Å². The van der Waals surface area contributed by atoms with Gasteiger partial charge in [-0.1, -0.05) is 0 Å². The summed E-state index contributed by atoms with van der Waals surface area (Å²) in [5.74, 6) is 0. The quantitative estimate of drug-likeness (QED) is 0.305. The van der Waals surface area contributed by atoms with Crippen LogP contribution in [0.2, 0.25) is 9.26 Å². The number of rotatable bonds is 8. The number of fused-ring (bicyclic) bond motifs is 2. The molecule has 0 bridgehead atoms. The van der Waals surface area contributed by atoms with Crippen molar-refractivity contribution >= 4 is 18.5 Å². The zero-order valence-electron chi connectivity index (χ0n) is 21.5. The number of hydrogen-bond donors (Lipinski definition) is 0. The van der Waals surface area contributed by atoms with Crippen molar-refractivity contribution in [1.82, 2.24) is 0 Å². The van der Waals surface area contributed by atoms with Crippen LogP contribution in [0.25, 0.3) is 11.1 Å². The molecule has 2 aromatic carbocycles. The van der Waals surface area contributed by atoms with Gasteiger partial charge in [-0.05, 0) is 0 Å². The van der Waals surface area contributed by atoms with E-state index in [-0.39, 0.29) is 0 Å². The molecule has 32 heavy (non-hydrogen) atoms. The third kappa shape index (κ3) is 3.65. The van der Waals surface area contributed by atoms with Gasteiger partial charge in [0.2, 0.25) is 0 Å². The van der Waals surface area contributed by atoms with Gasteiger partial charge < -0.3 is 0 Å². The summed E-state index contributed by atoms with van der Waals surface area (Å²) in [7, 11) is 1.35. The van der Waals surface area contributed by atoms with Gasteiger partial charge in [-0.3, -0.25) is 0 Å². The second-order valence-corrected chi connectivity index (χ2v) is 49.9. The van der Waals surface area contributed by atoms with Crippen molar-refractivity contribution in [2.24, 2.45) is 0 Å². The Kier molecular flexibility index (Phi) is 6.79. The third-order valence-electron chi connectivity index (χ3n) is 8.49. The maximum atomic E-state index is 2.85. The van der Waals surface area contributed by atoms with Gasteiger partial charge in [-0.15, -0.1) is 0 Å². The molecule has 0 nitrogen and oxygen atoms in total. The van der Waals surface area contributed by atoms with Crippen LogP contribution in [0.5, 0.6) is 0 Å². The molecule has 0 aliphatic heterocycles. The Labute approximate surface area is 200 Å². The van der Waals surface area contributed by atoms with Crippen molar-refractivity contribution in [2.45, 2.75) is 82.7 Å². The monoisotopic (exact) mass is 521 g/mol. The van der Waals surface area contributed by atoms with Crippen LogP contribution in [0.3, 0.4) is 0 Å². The van der Waals surface area contributed by atoms with Crippen molar-refractivity contribution in [3.8, 4) is 0 Å². The minimum atomic E-state index is -3.30. The summed E-state index contributed by atoms with van der Waals surface area (Å²) in [6.07, 6.45) is 7.39.